The molecule has 1 aromatic carbocycles. The fourth-order valence-electron chi connectivity index (χ4n) is 1.42. The summed E-state index contributed by atoms with van der Waals surface area (Å²) in [6.07, 6.45) is 6.92. The monoisotopic (exact) mass is 292 g/mol. The highest BCUT2D eigenvalue weighted by atomic mass is 16.5. The van der Waals surface area contributed by atoms with Gasteiger partial charge in [0.1, 0.15) is 0 Å². The maximum Gasteiger partial charge on any atom is 0.330 e. The number of carbonyl (C=O) groups is 2. The molecule has 0 spiro atoms. The Bertz CT molecular complexity index is 424. The Kier molecular flexibility index (Phi) is 11.6. The third kappa shape index (κ3) is 11.4. The van der Waals surface area contributed by atoms with E-state index >= 15 is 0 Å². The van der Waals surface area contributed by atoms with Gasteiger partial charge < -0.3 is 9.47 Å². The predicted molar refractivity (Wildman–Crippen MR) is 83.7 cm³/mol. The van der Waals surface area contributed by atoms with Gasteiger partial charge >= 0.3 is 11.9 Å². The van der Waals surface area contributed by atoms with Crippen molar-refractivity contribution >= 4 is 18.0 Å². The number of methoxy groups -OCH3 is 2. The van der Waals surface area contributed by atoms with Gasteiger partial charge in [-0.1, -0.05) is 50.1 Å². The zero-order valence-corrected chi connectivity index (χ0v) is 13.0. The molecule has 0 radical (unpaired) electrons. The fourth-order valence-corrected chi connectivity index (χ4v) is 1.42. The Morgan fingerprint density at radius 1 is 1.05 bits per heavy atom. The summed E-state index contributed by atoms with van der Waals surface area (Å²) < 4.78 is 8.90. The highest BCUT2D eigenvalue weighted by Crippen LogP contribution is 2.00. The van der Waals surface area contributed by atoms with Crippen LogP contribution in [-0.4, -0.2) is 26.2 Å². The second-order valence-corrected chi connectivity index (χ2v) is 4.30. The van der Waals surface area contributed by atoms with E-state index in [9.17, 15) is 9.59 Å². The molecule has 0 aliphatic heterocycles. The number of rotatable bonds is 6. The van der Waals surface area contributed by atoms with Gasteiger partial charge in [0.25, 0.3) is 0 Å². The molecule has 21 heavy (non-hydrogen) atoms. The molecular weight excluding hydrogens is 268 g/mol. The standard InChI is InChI=1S/C10H10O2.C7H14O2/c1-12-10(11)8-7-9-5-3-2-4-6-9;1-3-4-5-6-7(8)9-2/h2-8H,1H3;3-6H2,1-2H3. The summed E-state index contributed by atoms with van der Waals surface area (Å²) in [6, 6.07) is 9.59. The molecular formula is C17H24O4. The van der Waals surface area contributed by atoms with Gasteiger partial charge in [-0.3, -0.25) is 4.79 Å². The zero-order valence-electron chi connectivity index (χ0n) is 13.0. The number of unbranched alkanes of at least 4 members (excludes halogenated alkanes) is 2. The molecule has 0 aliphatic carbocycles. The second-order valence-electron chi connectivity index (χ2n) is 4.30. The van der Waals surface area contributed by atoms with Crippen molar-refractivity contribution in [2.45, 2.75) is 32.6 Å². The molecule has 0 saturated heterocycles. The maximum atomic E-state index is 10.7. The highest BCUT2D eigenvalue weighted by molar-refractivity contribution is 5.86. The van der Waals surface area contributed by atoms with E-state index < -0.39 is 0 Å². The summed E-state index contributed by atoms with van der Waals surface area (Å²) in [5.41, 5.74) is 0.989. The first-order valence-electron chi connectivity index (χ1n) is 7.02. The van der Waals surface area contributed by atoms with E-state index in [4.69, 9.17) is 0 Å². The third-order valence-electron chi connectivity index (χ3n) is 2.62. The van der Waals surface area contributed by atoms with Crippen molar-refractivity contribution in [2.24, 2.45) is 0 Å². The van der Waals surface area contributed by atoms with Crippen LogP contribution in [0.25, 0.3) is 6.08 Å². The van der Waals surface area contributed by atoms with Crippen LogP contribution in [0.15, 0.2) is 36.4 Å². The molecule has 0 unspecified atom stereocenters. The minimum Gasteiger partial charge on any atom is -0.469 e. The molecule has 0 saturated carbocycles. The van der Waals surface area contributed by atoms with Crippen LogP contribution in [-0.2, 0) is 19.1 Å². The number of hydrogen-bond donors (Lipinski definition) is 0. The first-order valence-corrected chi connectivity index (χ1v) is 7.02. The molecule has 116 valence electrons. The van der Waals surface area contributed by atoms with E-state index in [0.29, 0.717) is 6.42 Å². The van der Waals surface area contributed by atoms with Crippen molar-refractivity contribution in [3.05, 3.63) is 42.0 Å². The summed E-state index contributed by atoms with van der Waals surface area (Å²) >= 11 is 0. The molecule has 0 fully saturated rings. The number of ether oxygens (including phenoxy) is 2. The van der Waals surface area contributed by atoms with Gasteiger partial charge in [-0.25, -0.2) is 4.79 Å². The Hall–Kier alpha value is -2.10. The van der Waals surface area contributed by atoms with E-state index in [1.807, 2.05) is 30.3 Å². The van der Waals surface area contributed by atoms with E-state index in [-0.39, 0.29) is 11.9 Å². The van der Waals surface area contributed by atoms with Crippen molar-refractivity contribution in [2.75, 3.05) is 14.2 Å². The van der Waals surface area contributed by atoms with Crippen molar-refractivity contribution in [1.82, 2.24) is 0 Å². The minimum absolute atomic E-state index is 0.0940. The van der Waals surface area contributed by atoms with Crippen molar-refractivity contribution in [3.8, 4) is 0 Å². The first-order chi connectivity index (χ1) is 10.1. The van der Waals surface area contributed by atoms with Crippen LogP contribution in [0.2, 0.25) is 0 Å². The summed E-state index contributed by atoms with van der Waals surface area (Å²) in [5, 5.41) is 0. The molecule has 4 nitrogen and oxygen atoms in total. The average molecular weight is 292 g/mol. The van der Waals surface area contributed by atoms with Crippen molar-refractivity contribution < 1.29 is 19.1 Å². The quantitative estimate of drug-likeness (QED) is 0.456. The van der Waals surface area contributed by atoms with Gasteiger partial charge in [0.2, 0.25) is 0 Å². The van der Waals surface area contributed by atoms with Gasteiger partial charge in [-0.2, -0.15) is 0 Å². The van der Waals surface area contributed by atoms with Crippen molar-refractivity contribution in [1.29, 1.82) is 0 Å². The van der Waals surface area contributed by atoms with Crippen LogP contribution in [0.1, 0.15) is 38.2 Å². The Labute approximate surface area is 126 Å². The fraction of sp³-hybridized carbons (Fsp3) is 0.412. The third-order valence-corrected chi connectivity index (χ3v) is 2.62. The molecule has 0 atom stereocenters. The minimum atomic E-state index is -0.334. The number of esters is 2. The van der Waals surface area contributed by atoms with Crippen LogP contribution >= 0.6 is 0 Å². The molecule has 1 rings (SSSR count). The number of benzene rings is 1. The summed E-state index contributed by atoms with van der Waals surface area (Å²) in [5.74, 6) is -0.428. The summed E-state index contributed by atoms with van der Waals surface area (Å²) in [4.78, 5) is 21.1. The van der Waals surface area contributed by atoms with Gasteiger partial charge in [0, 0.05) is 12.5 Å². The van der Waals surface area contributed by atoms with Crippen LogP contribution < -0.4 is 0 Å². The zero-order chi connectivity index (χ0) is 15.9. The predicted octanol–water partition coefficient (Wildman–Crippen LogP) is 3.61. The largest absolute Gasteiger partial charge is 0.469 e. The molecule has 0 aliphatic rings. The Morgan fingerprint density at radius 3 is 2.24 bits per heavy atom. The lowest BCUT2D eigenvalue weighted by atomic mass is 10.2. The molecule has 0 aromatic heterocycles. The SMILES string of the molecule is CCCCCC(=O)OC.COC(=O)C=Cc1ccccc1. The molecule has 0 heterocycles. The van der Waals surface area contributed by atoms with E-state index in [1.165, 1.54) is 20.3 Å². The van der Waals surface area contributed by atoms with Crippen molar-refractivity contribution in [3.63, 3.8) is 0 Å². The number of hydrogen-bond acceptors (Lipinski definition) is 4. The van der Waals surface area contributed by atoms with Crippen LogP contribution in [0.3, 0.4) is 0 Å². The normalized spacial score (nSPS) is 9.67. The van der Waals surface area contributed by atoms with Crippen LogP contribution in [0, 0.1) is 0 Å². The lowest BCUT2D eigenvalue weighted by Crippen LogP contribution is -1.98. The molecule has 0 N–H and O–H groups in total. The molecule has 0 amide bonds. The highest BCUT2D eigenvalue weighted by Gasteiger charge is 1.96. The van der Waals surface area contributed by atoms with Crippen LogP contribution in [0.5, 0.6) is 0 Å². The lowest BCUT2D eigenvalue weighted by Gasteiger charge is -1.95. The van der Waals surface area contributed by atoms with Gasteiger partial charge in [0.05, 0.1) is 14.2 Å². The smallest absolute Gasteiger partial charge is 0.330 e. The topological polar surface area (TPSA) is 52.6 Å². The number of carbonyl (C=O) groups excluding carboxylic acids is 2. The van der Waals surface area contributed by atoms with Crippen LogP contribution in [0.4, 0.5) is 0 Å². The summed E-state index contributed by atoms with van der Waals surface area (Å²) in [7, 11) is 2.78. The Balaban J connectivity index is 0.000000400. The van der Waals surface area contributed by atoms with E-state index in [1.54, 1.807) is 6.08 Å². The molecule has 0 bridgehead atoms. The van der Waals surface area contributed by atoms with E-state index in [0.717, 1.165) is 24.8 Å². The van der Waals surface area contributed by atoms with Gasteiger partial charge in [-0.05, 0) is 18.1 Å². The second kappa shape index (κ2) is 12.9. The molecule has 1 aromatic rings. The van der Waals surface area contributed by atoms with Gasteiger partial charge in [-0.15, -0.1) is 0 Å². The Morgan fingerprint density at radius 2 is 1.71 bits per heavy atom. The maximum absolute atomic E-state index is 10.7. The van der Waals surface area contributed by atoms with Gasteiger partial charge in [0.15, 0.2) is 0 Å². The average Bonchev–Trinajstić information content (AvgIpc) is 2.54. The molecule has 4 heteroatoms. The lowest BCUT2D eigenvalue weighted by molar-refractivity contribution is -0.140. The first kappa shape index (κ1) is 18.9. The van der Waals surface area contributed by atoms with E-state index in [2.05, 4.69) is 16.4 Å². The summed E-state index contributed by atoms with van der Waals surface area (Å²) in [6.45, 7) is 2.11.